The van der Waals surface area contributed by atoms with Crippen molar-refractivity contribution < 1.29 is 154 Å². The van der Waals surface area contributed by atoms with Crippen LogP contribution in [0.2, 0.25) is 0 Å². The zero-order chi connectivity index (χ0) is 86.8. The van der Waals surface area contributed by atoms with E-state index in [2.05, 4.69) is 18.9 Å². The largest absolute Gasteiger partial charge is 0.508 e. The van der Waals surface area contributed by atoms with Gasteiger partial charge in [0.15, 0.2) is 0 Å². The molecular formula is C83H108O32. The van der Waals surface area contributed by atoms with Crippen LogP contribution in [0.15, 0.2) is 114 Å². The lowest BCUT2D eigenvalue weighted by molar-refractivity contribution is -0.147. The van der Waals surface area contributed by atoms with Crippen LogP contribution in [0.3, 0.4) is 0 Å². The monoisotopic (exact) mass is 1620 g/mol. The average molecular weight is 1620 g/mol. The summed E-state index contributed by atoms with van der Waals surface area (Å²) in [6.07, 6.45) is 1.36. The van der Waals surface area contributed by atoms with E-state index in [4.69, 9.17) is 47.4 Å². The number of fused-ring (bicyclic) bond motifs is 2. The molecule has 1 fully saturated rings. The first-order chi connectivity index (χ1) is 54.4. The highest BCUT2D eigenvalue weighted by atomic mass is 16.6. The minimum absolute atomic E-state index is 0.0615. The van der Waals surface area contributed by atoms with Crippen LogP contribution < -0.4 is 0 Å². The lowest BCUT2D eigenvalue weighted by atomic mass is 9.85. The van der Waals surface area contributed by atoms with Gasteiger partial charge in [-0.05, 0) is 179 Å². The van der Waals surface area contributed by atoms with Crippen LogP contribution in [-0.4, -0.2) is 235 Å². The SMILES string of the molecule is CCC(O)COC(=O)c1ccc(C(=O)OCC(O)CC)cc1.CCC(O)COC(=O)c1ccc(C(=O)OCC(O)CC)cc1.COC(=O)c1cc(O)cc(C(=O)OC)c1.COC(=O)c1cc(O)cc(C(=O)OC)c1.COCC(C)OC(=O)C1=C(C(=O)OC)C2CCC1C2.COCC(C)OC(=O)c1cc(C(C)(C)C)ccc1C(=O)OC. The molecular weight excluding hydrogens is 1510 g/mol. The summed E-state index contributed by atoms with van der Waals surface area (Å²) in [7, 11) is 10.6. The third kappa shape index (κ3) is 34.2. The molecule has 6 N–H and O–H groups in total. The number of aliphatic hydroxyl groups excluding tert-OH is 4. The summed E-state index contributed by atoms with van der Waals surface area (Å²) >= 11 is 0. The molecule has 5 aromatic carbocycles. The molecule has 0 aliphatic heterocycles. The summed E-state index contributed by atoms with van der Waals surface area (Å²) in [6.45, 7) is 17.1. The van der Waals surface area contributed by atoms with E-state index in [0.29, 0.717) is 43.4 Å². The number of aliphatic hydroxyl groups is 4. The minimum Gasteiger partial charge on any atom is -0.508 e. The van der Waals surface area contributed by atoms with E-state index < -0.39 is 102 Å². The maximum atomic E-state index is 12.4. The Hall–Kier alpha value is -11.2. The van der Waals surface area contributed by atoms with Crippen LogP contribution in [0, 0.1) is 11.8 Å². The van der Waals surface area contributed by atoms with Gasteiger partial charge in [0.1, 0.15) is 50.1 Å². The average Bonchev–Trinajstić information content (AvgIpc) is 1.62. The Labute approximate surface area is 668 Å². The van der Waals surface area contributed by atoms with Crippen LogP contribution in [0.5, 0.6) is 11.5 Å². The number of hydrogen-bond donors (Lipinski definition) is 6. The van der Waals surface area contributed by atoms with Gasteiger partial charge in [0.2, 0.25) is 0 Å². The van der Waals surface area contributed by atoms with Gasteiger partial charge in [-0.1, -0.05) is 54.5 Å². The standard InChI is InChI=1S/C17H24O5.2C16H22O6.C14H20O5.2C10H10O5/c1-11(10-20-5)22-16(19)14-9-12(17(2,3)4)7-8-13(14)15(18)21-6;2*1-3-13(17)9-21-15(19)11-5-7-12(8-6-11)16(20)22-10-14(18)4-2;1-8(7-17-2)19-14(16)12-10-5-4-9(6-10)11(12)13(15)18-3;2*1-14-9(12)6-3-7(10(13)15-2)5-8(11)4-6/h7-9,11H,10H2,1-6H3;2*5-8,13-14,17-18H,3-4,9-10H2,1-2H3;8-10H,4-7H2,1-3H3;2*3-5,11H,1-2H3. The number of hydrogen-bond acceptors (Lipinski definition) is 32. The van der Waals surface area contributed by atoms with Gasteiger partial charge in [0.05, 0.1) is 147 Å². The Bertz CT molecular complexity index is 3710. The first-order valence-electron chi connectivity index (χ1n) is 36.5. The van der Waals surface area contributed by atoms with Crippen molar-refractivity contribution in [3.8, 4) is 11.5 Å². The summed E-state index contributed by atoms with van der Waals surface area (Å²) in [5, 5.41) is 55.9. The molecule has 0 spiro atoms. The normalized spacial score (nSPS) is 14.3. The first kappa shape index (κ1) is 99.9. The quantitative estimate of drug-likeness (QED) is 0.0184. The van der Waals surface area contributed by atoms with Crippen molar-refractivity contribution >= 4 is 71.6 Å². The maximum absolute atomic E-state index is 12.4. The summed E-state index contributed by atoms with van der Waals surface area (Å²) in [4.78, 5) is 140. The molecule has 0 saturated heterocycles. The number of rotatable bonds is 30. The van der Waals surface area contributed by atoms with Crippen molar-refractivity contribution in [1.82, 2.24) is 0 Å². The fourth-order valence-corrected chi connectivity index (χ4v) is 10.2. The minimum atomic E-state index is -0.678. The van der Waals surface area contributed by atoms with Gasteiger partial charge in [-0.2, -0.15) is 0 Å². The van der Waals surface area contributed by atoms with Gasteiger partial charge in [0, 0.05) is 14.2 Å². The summed E-state index contributed by atoms with van der Waals surface area (Å²) in [6, 6.07) is 24.1. The van der Waals surface area contributed by atoms with Crippen molar-refractivity contribution in [2.75, 3.05) is 96.5 Å². The molecule has 0 amide bonds. The lowest BCUT2D eigenvalue weighted by Gasteiger charge is -2.21. The molecule has 32 heteroatoms. The van der Waals surface area contributed by atoms with Crippen LogP contribution in [0.1, 0.15) is 216 Å². The molecule has 2 bridgehead atoms. The summed E-state index contributed by atoms with van der Waals surface area (Å²) < 4.78 is 67.6. The molecule has 2 aliphatic carbocycles. The van der Waals surface area contributed by atoms with Gasteiger partial charge in [-0.15, -0.1) is 0 Å². The number of carbonyl (C=O) groups is 12. The first-order valence-corrected chi connectivity index (χ1v) is 36.5. The van der Waals surface area contributed by atoms with Gasteiger partial charge < -0.3 is 97.0 Å². The smallest absolute Gasteiger partial charge is 0.339 e. The van der Waals surface area contributed by atoms with E-state index in [1.54, 1.807) is 60.8 Å². The Balaban J connectivity index is 0.000000471. The molecule has 7 rings (SSSR count). The molecule has 1 saturated carbocycles. The van der Waals surface area contributed by atoms with Crippen molar-refractivity contribution in [2.24, 2.45) is 11.8 Å². The van der Waals surface area contributed by atoms with E-state index in [1.807, 2.05) is 26.8 Å². The fourth-order valence-electron chi connectivity index (χ4n) is 10.2. The maximum Gasteiger partial charge on any atom is 0.339 e. The number of methoxy groups -OCH3 is 8. The fraction of sp³-hybridized carbons (Fsp3) is 0.470. The highest BCUT2D eigenvalue weighted by Gasteiger charge is 2.46. The lowest BCUT2D eigenvalue weighted by Crippen LogP contribution is -2.25. The van der Waals surface area contributed by atoms with Crippen molar-refractivity contribution in [2.45, 2.75) is 149 Å². The van der Waals surface area contributed by atoms with Crippen molar-refractivity contribution in [3.63, 3.8) is 0 Å². The van der Waals surface area contributed by atoms with Crippen LogP contribution in [0.25, 0.3) is 0 Å². The predicted octanol–water partition coefficient (Wildman–Crippen LogP) is 9.44. The Morgan fingerprint density at radius 1 is 0.339 bits per heavy atom. The molecule has 5 aromatic rings. The predicted molar refractivity (Wildman–Crippen MR) is 411 cm³/mol. The Kier molecular flexibility index (Phi) is 44.8. The van der Waals surface area contributed by atoms with E-state index in [1.165, 1.54) is 135 Å². The number of aromatic hydroxyl groups is 2. The van der Waals surface area contributed by atoms with Crippen LogP contribution >= 0.6 is 0 Å². The zero-order valence-electron chi connectivity index (χ0n) is 67.9. The molecule has 0 heterocycles. The molecule has 32 nitrogen and oxygen atoms in total. The third-order valence-electron chi connectivity index (χ3n) is 16.8. The van der Waals surface area contributed by atoms with Gasteiger partial charge in [-0.3, -0.25) is 0 Å². The second-order valence-electron chi connectivity index (χ2n) is 26.7. The molecule has 0 radical (unpaired) electrons. The summed E-state index contributed by atoms with van der Waals surface area (Å²) in [5.74, 6) is -6.74. The van der Waals surface area contributed by atoms with Crippen molar-refractivity contribution in [3.05, 3.63) is 175 Å². The van der Waals surface area contributed by atoms with E-state index in [0.717, 1.165) is 24.8 Å². The number of esters is 12. The highest BCUT2D eigenvalue weighted by molar-refractivity contribution is 6.04. The molecule has 2 aliphatic rings. The second-order valence-corrected chi connectivity index (χ2v) is 26.7. The summed E-state index contributed by atoms with van der Waals surface area (Å²) in [5.41, 5.74) is 3.79. The number of phenolic OH excluding ortho intramolecular Hbond substituents is 2. The van der Waals surface area contributed by atoms with Gasteiger partial charge >= 0.3 is 71.6 Å². The van der Waals surface area contributed by atoms with Crippen molar-refractivity contribution in [1.29, 1.82) is 0 Å². The molecule has 0 aromatic heterocycles. The topological polar surface area (TPSA) is 455 Å². The van der Waals surface area contributed by atoms with E-state index >= 15 is 0 Å². The van der Waals surface area contributed by atoms with Crippen LogP contribution in [-0.2, 0) is 81.3 Å². The highest BCUT2D eigenvalue weighted by Crippen LogP contribution is 2.49. The number of ether oxygens (including phenoxy) is 14. The number of phenols is 2. The molecule has 632 valence electrons. The molecule has 8 atom stereocenters. The molecule has 115 heavy (non-hydrogen) atoms. The number of benzene rings is 5. The number of carbonyl (C=O) groups excluding carboxylic acids is 12. The molecule has 8 unspecified atom stereocenters. The van der Waals surface area contributed by atoms with Gasteiger partial charge in [0.25, 0.3) is 0 Å². The Morgan fingerprint density at radius 3 is 0.878 bits per heavy atom. The Morgan fingerprint density at radius 2 is 0.617 bits per heavy atom. The van der Waals surface area contributed by atoms with Crippen LogP contribution in [0.4, 0.5) is 0 Å². The van der Waals surface area contributed by atoms with Gasteiger partial charge in [-0.25, -0.2) is 57.5 Å². The zero-order valence-corrected chi connectivity index (χ0v) is 67.9. The third-order valence-corrected chi connectivity index (χ3v) is 16.8. The second kappa shape index (κ2) is 51.6. The van der Waals surface area contributed by atoms with E-state index in [9.17, 15) is 88.2 Å². The van der Waals surface area contributed by atoms with E-state index in [-0.39, 0.29) is 124 Å².